The van der Waals surface area contributed by atoms with E-state index in [1.807, 2.05) is 6.20 Å². The summed E-state index contributed by atoms with van der Waals surface area (Å²) in [4.78, 5) is 37.4. The molecule has 1 N–H and O–H groups in total. The molecule has 0 unspecified atom stereocenters. The number of non-ortho nitro benzene ring substituents is 2. The van der Waals surface area contributed by atoms with Crippen molar-refractivity contribution in [3.05, 3.63) is 74.5 Å². The van der Waals surface area contributed by atoms with Gasteiger partial charge in [0.15, 0.2) is 5.16 Å². The van der Waals surface area contributed by atoms with Gasteiger partial charge in [0.25, 0.3) is 17.3 Å². The summed E-state index contributed by atoms with van der Waals surface area (Å²) >= 11 is 1.70. The van der Waals surface area contributed by atoms with Crippen molar-refractivity contribution in [2.75, 3.05) is 11.1 Å². The topological polar surface area (TPSA) is 133 Å². The van der Waals surface area contributed by atoms with Crippen LogP contribution >= 0.6 is 11.8 Å². The van der Waals surface area contributed by atoms with Gasteiger partial charge in [-0.15, -0.1) is 0 Å². The fourth-order valence-electron chi connectivity index (χ4n) is 2.91. The summed E-state index contributed by atoms with van der Waals surface area (Å²) in [6.45, 7) is 0.927. The minimum absolute atomic E-state index is 0.169. The molecule has 1 aliphatic rings. The van der Waals surface area contributed by atoms with Gasteiger partial charge in [-0.25, -0.2) is 4.98 Å². The molecule has 3 aromatic rings. The number of imidazole rings is 1. The summed E-state index contributed by atoms with van der Waals surface area (Å²) in [5.74, 6) is 0.338. The lowest BCUT2D eigenvalue weighted by molar-refractivity contribution is -0.394. The normalized spacial score (nSPS) is 12.4. The fraction of sp³-hybridized carbons (Fsp3) is 0.111. The highest BCUT2D eigenvalue weighted by molar-refractivity contribution is 7.99. The molecule has 2 heterocycles. The zero-order chi connectivity index (χ0) is 20.5. The lowest BCUT2D eigenvalue weighted by Gasteiger charge is -2.06. The molecule has 1 aromatic heterocycles. The Morgan fingerprint density at radius 1 is 1.07 bits per heavy atom. The molecule has 2 aromatic carbocycles. The van der Waals surface area contributed by atoms with E-state index in [-0.39, 0.29) is 5.56 Å². The molecule has 0 atom stereocenters. The number of nitro benzene ring substituents is 2. The molecule has 29 heavy (non-hydrogen) atoms. The average Bonchev–Trinajstić information content (AvgIpc) is 3.30. The number of thioether (sulfide) groups is 1. The van der Waals surface area contributed by atoms with Crippen LogP contribution in [0.4, 0.5) is 17.1 Å². The smallest absolute Gasteiger partial charge is 0.277 e. The lowest BCUT2D eigenvalue weighted by atomic mass is 10.1. The molecule has 146 valence electrons. The maximum Gasteiger partial charge on any atom is 0.277 e. The Hall–Kier alpha value is -3.73. The summed E-state index contributed by atoms with van der Waals surface area (Å²) < 4.78 is 2.09. The number of nitrogens with one attached hydrogen (secondary N) is 1. The summed E-state index contributed by atoms with van der Waals surface area (Å²) in [7, 11) is 0. The van der Waals surface area contributed by atoms with Gasteiger partial charge in [0.05, 0.1) is 27.2 Å². The summed E-state index contributed by atoms with van der Waals surface area (Å²) in [6, 6.07) is 9.77. The van der Waals surface area contributed by atoms with Gasteiger partial charge in [0, 0.05) is 41.9 Å². The minimum atomic E-state index is -0.779. The molecule has 0 fully saturated rings. The number of hydrogen-bond acceptors (Lipinski definition) is 7. The predicted octanol–water partition coefficient (Wildman–Crippen LogP) is 3.72. The molecule has 1 amide bonds. The second-order valence-electron chi connectivity index (χ2n) is 6.23. The van der Waals surface area contributed by atoms with Crippen LogP contribution in [0.25, 0.3) is 11.3 Å². The van der Waals surface area contributed by atoms with Gasteiger partial charge in [-0.2, -0.15) is 0 Å². The number of nitrogens with zero attached hydrogens (tertiary/aromatic N) is 4. The molecular formula is C18H13N5O5S. The van der Waals surface area contributed by atoms with E-state index in [0.717, 1.165) is 46.9 Å². The van der Waals surface area contributed by atoms with Crippen LogP contribution in [0.5, 0.6) is 0 Å². The van der Waals surface area contributed by atoms with Crippen LogP contribution in [0.2, 0.25) is 0 Å². The first kappa shape index (κ1) is 18.6. The van der Waals surface area contributed by atoms with Crippen molar-refractivity contribution in [3.8, 4) is 11.3 Å². The van der Waals surface area contributed by atoms with Crippen molar-refractivity contribution in [2.45, 2.75) is 11.7 Å². The number of rotatable bonds is 5. The Labute approximate surface area is 167 Å². The number of fused-ring (bicyclic) bond motifs is 1. The standard InChI is InChI=1S/C18H13N5O5S/c24-17(12-7-14(22(25)26)9-15(8-12)23(27)28)19-13-3-1-11(2-4-13)16-10-21-5-6-29-18(21)20-16/h1-4,7-10H,5-6H2,(H,19,24). The third-order valence-electron chi connectivity index (χ3n) is 4.33. The molecular weight excluding hydrogens is 398 g/mol. The molecule has 1 aliphatic heterocycles. The Balaban J connectivity index is 1.54. The van der Waals surface area contributed by atoms with Crippen LogP contribution in [-0.2, 0) is 6.54 Å². The van der Waals surface area contributed by atoms with Gasteiger partial charge < -0.3 is 9.88 Å². The first-order valence-corrected chi connectivity index (χ1v) is 9.45. The number of carbonyl (C=O) groups excluding carboxylic acids is 1. The molecule has 4 rings (SSSR count). The van der Waals surface area contributed by atoms with Gasteiger partial charge in [-0.1, -0.05) is 23.9 Å². The maximum absolute atomic E-state index is 12.4. The average molecular weight is 411 g/mol. The van der Waals surface area contributed by atoms with Crippen LogP contribution in [-0.4, -0.2) is 31.1 Å². The number of carbonyl (C=O) groups is 1. The fourth-order valence-corrected chi connectivity index (χ4v) is 3.86. The van der Waals surface area contributed by atoms with E-state index >= 15 is 0 Å². The lowest BCUT2D eigenvalue weighted by Crippen LogP contribution is -2.12. The third kappa shape index (κ3) is 3.80. The predicted molar refractivity (Wildman–Crippen MR) is 106 cm³/mol. The van der Waals surface area contributed by atoms with E-state index in [4.69, 9.17) is 0 Å². The zero-order valence-electron chi connectivity index (χ0n) is 14.8. The van der Waals surface area contributed by atoms with Crippen LogP contribution < -0.4 is 5.32 Å². The molecule has 10 nitrogen and oxygen atoms in total. The van der Waals surface area contributed by atoms with Crippen LogP contribution in [0.3, 0.4) is 0 Å². The first-order chi connectivity index (χ1) is 13.9. The third-order valence-corrected chi connectivity index (χ3v) is 5.30. The van der Waals surface area contributed by atoms with E-state index in [9.17, 15) is 25.0 Å². The monoisotopic (exact) mass is 411 g/mol. The van der Waals surface area contributed by atoms with Crippen molar-refractivity contribution < 1.29 is 14.6 Å². The summed E-state index contributed by atoms with van der Waals surface area (Å²) in [6.07, 6.45) is 1.98. The number of benzene rings is 2. The second kappa shape index (κ2) is 7.36. The van der Waals surface area contributed by atoms with E-state index in [0.29, 0.717) is 5.69 Å². The molecule has 0 bridgehead atoms. The quantitative estimate of drug-likeness (QED) is 0.499. The van der Waals surface area contributed by atoms with Crippen LogP contribution in [0.1, 0.15) is 10.4 Å². The number of nitro groups is 2. The summed E-state index contributed by atoms with van der Waals surface area (Å²) in [5.41, 5.74) is 0.957. The number of amides is 1. The Morgan fingerprint density at radius 2 is 1.72 bits per heavy atom. The molecule has 11 heteroatoms. The molecule has 0 saturated heterocycles. The van der Waals surface area contributed by atoms with Gasteiger partial charge in [0.1, 0.15) is 0 Å². The SMILES string of the molecule is O=C(Nc1ccc(-c2cn3c(n2)SCC3)cc1)c1cc([N+](=O)[O-])cc([N+](=O)[O-])c1. The van der Waals surface area contributed by atoms with E-state index < -0.39 is 27.1 Å². The van der Waals surface area contributed by atoms with Gasteiger partial charge >= 0.3 is 0 Å². The van der Waals surface area contributed by atoms with E-state index in [1.165, 1.54) is 0 Å². The highest BCUT2D eigenvalue weighted by atomic mass is 32.2. The van der Waals surface area contributed by atoms with E-state index in [2.05, 4.69) is 14.9 Å². The highest BCUT2D eigenvalue weighted by Crippen LogP contribution is 2.29. The van der Waals surface area contributed by atoms with Crippen molar-refractivity contribution >= 4 is 34.7 Å². The molecule has 0 aliphatic carbocycles. The largest absolute Gasteiger partial charge is 0.325 e. The van der Waals surface area contributed by atoms with Gasteiger partial charge in [0.2, 0.25) is 0 Å². The Morgan fingerprint density at radius 3 is 2.31 bits per heavy atom. The van der Waals surface area contributed by atoms with Crippen LogP contribution in [0.15, 0.2) is 53.8 Å². The van der Waals surface area contributed by atoms with Crippen molar-refractivity contribution in [2.24, 2.45) is 0 Å². The Bertz CT molecular complexity index is 1090. The number of anilines is 1. The number of hydrogen-bond donors (Lipinski definition) is 1. The highest BCUT2D eigenvalue weighted by Gasteiger charge is 2.20. The van der Waals surface area contributed by atoms with Crippen molar-refractivity contribution in [1.29, 1.82) is 0 Å². The van der Waals surface area contributed by atoms with Gasteiger partial charge in [-0.05, 0) is 12.1 Å². The first-order valence-electron chi connectivity index (χ1n) is 8.46. The Kier molecular flexibility index (Phi) is 4.72. The van der Waals surface area contributed by atoms with Gasteiger partial charge in [-0.3, -0.25) is 25.0 Å². The van der Waals surface area contributed by atoms with Crippen LogP contribution in [0, 0.1) is 20.2 Å². The van der Waals surface area contributed by atoms with E-state index in [1.54, 1.807) is 36.0 Å². The molecule has 0 spiro atoms. The molecule has 0 saturated carbocycles. The summed E-state index contributed by atoms with van der Waals surface area (Å²) in [5, 5.41) is 25.5. The van der Waals surface area contributed by atoms with Crippen molar-refractivity contribution in [3.63, 3.8) is 0 Å². The molecule has 0 radical (unpaired) electrons. The second-order valence-corrected chi connectivity index (χ2v) is 7.30. The minimum Gasteiger partial charge on any atom is -0.325 e. The van der Waals surface area contributed by atoms with Crippen molar-refractivity contribution in [1.82, 2.24) is 9.55 Å². The zero-order valence-corrected chi connectivity index (χ0v) is 15.6. The maximum atomic E-state index is 12.4. The number of aryl methyl sites for hydroxylation is 1. The number of aromatic nitrogens is 2.